The van der Waals surface area contributed by atoms with E-state index >= 15 is 0 Å². The number of hydrogen-bond donors (Lipinski definition) is 1. The maximum Gasteiger partial charge on any atom is 0.217 e. The van der Waals surface area contributed by atoms with Crippen molar-refractivity contribution >= 4 is 23.5 Å². The molecule has 0 spiro atoms. The lowest BCUT2D eigenvalue weighted by molar-refractivity contribution is -0.118. The molecule has 0 atom stereocenters. The molecule has 0 unspecified atom stereocenters. The first kappa shape index (κ1) is 20.9. The van der Waals surface area contributed by atoms with E-state index in [-0.39, 0.29) is 23.9 Å². The zero-order chi connectivity index (χ0) is 21.0. The van der Waals surface area contributed by atoms with Gasteiger partial charge in [-0.05, 0) is 25.5 Å². The van der Waals surface area contributed by atoms with Crippen molar-refractivity contribution in [2.24, 2.45) is 12.8 Å². The van der Waals surface area contributed by atoms with Crippen LogP contribution in [0.4, 0.5) is 0 Å². The van der Waals surface area contributed by atoms with E-state index in [0.717, 1.165) is 23.5 Å². The molecule has 0 aliphatic heterocycles. The smallest absolute Gasteiger partial charge is 0.217 e. The predicted octanol–water partition coefficient (Wildman–Crippen LogP) is 2.67. The number of benzene rings is 1. The zero-order valence-electron chi connectivity index (χ0n) is 16.9. The SMILES string of the molecule is Cc1cc(C(=O)CSc2nnc(CCC(N)=O)n2C)c(C)n1Cc1ccccc1. The first-order valence-electron chi connectivity index (χ1n) is 9.40. The largest absolute Gasteiger partial charge is 0.370 e. The Bertz CT molecular complexity index is 1020. The molecule has 2 N–H and O–H groups in total. The Morgan fingerprint density at radius 1 is 1.14 bits per heavy atom. The van der Waals surface area contributed by atoms with Gasteiger partial charge >= 0.3 is 0 Å². The fourth-order valence-electron chi connectivity index (χ4n) is 3.22. The van der Waals surface area contributed by atoms with E-state index in [1.165, 1.54) is 17.3 Å². The Kier molecular flexibility index (Phi) is 6.53. The van der Waals surface area contributed by atoms with Crippen LogP contribution in [0.15, 0.2) is 41.6 Å². The molecular weight excluding hydrogens is 386 g/mol. The average Bonchev–Trinajstić information content (AvgIpc) is 3.19. The van der Waals surface area contributed by atoms with Gasteiger partial charge in [-0.1, -0.05) is 42.1 Å². The van der Waals surface area contributed by atoms with Crippen molar-refractivity contribution in [3.05, 3.63) is 64.7 Å². The maximum absolute atomic E-state index is 12.8. The number of primary amides is 1. The number of rotatable bonds is 9. The summed E-state index contributed by atoms with van der Waals surface area (Å²) < 4.78 is 3.97. The summed E-state index contributed by atoms with van der Waals surface area (Å²) in [7, 11) is 1.83. The average molecular weight is 412 g/mol. The molecule has 8 heteroatoms. The van der Waals surface area contributed by atoms with E-state index < -0.39 is 0 Å². The molecule has 152 valence electrons. The molecule has 0 radical (unpaired) electrons. The van der Waals surface area contributed by atoms with Crippen LogP contribution in [-0.4, -0.2) is 36.8 Å². The molecule has 0 fully saturated rings. The Morgan fingerprint density at radius 3 is 2.55 bits per heavy atom. The molecule has 0 bridgehead atoms. The van der Waals surface area contributed by atoms with Gasteiger partial charge in [0.2, 0.25) is 5.91 Å². The van der Waals surface area contributed by atoms with Crippen molar-refractivity contribution in [1.29, 1.82) is 0 Å². The summed E-state index contributed by atoms with van der Waals surface area (Å²) in [5.41, 5.74) is 9.16. The molecule has 3 aromatic rings. The van der Waals surface area contributed by atoms with Crippen LogP contribution in [0.1, 0.15) is 39.6 Å². The Hall–Kier alpha value is -2.87. The first-order valence-corrected chi connectivity index (χ1v) is 10.4. The van der Waals surface area contributed by atoms with E-state index in [1.807, 2.05) is 45.2 Å². The minimum atomic E-state index is -0.372. The second-order valence-electron chi connectivity index (χ2n) is 6.99. The van der Waals surface area contributed by atoms with Gasteiger partial charge in [0.25, 0.3) is 0 Å². The number of carbonyl (C=O) groups excluding carboxylic acids is 2. The Labute approximate surface area is 174 Å². The lowest BCUT2D eigenvalue weighted by Gasteiger charge is -2.10. The Balaban J connectivity index is 1.67. The fraction of sp³-hybridized carbons (Fsp3) is 0.333. The van der Waals surface area contributed by atoms with Crippen molar-refractivity contribution < 1.29 is 9.59 Å². The van der Waals surface area contributed by atoms with E-state index in [1.54, 1.807) is 4.57 Å². The summed E-state index contributed by atoms with van der Waals surface area (Å²) in [6, 6.07) is 12.2. The summed E-state index contributed by atoms with van der Waals surface area (Å²) in [6.07, 6.45) is 0.664. The first-order chi connectivity index (χ1) is 13.9. The topological polar surface area (TPSA) is 95.8 Å². The van der Waals surface area contributed by atoms with Crippen molar-refractivity contribution in [2.45, 2.75) is 38.4 Å². The molecule has 1 amide bonds. The van der Waals surface area contributed by atoms with Crippen molar-refractivity contribution in [1.82, 2.24) is 19.3 Å². The molecule has 0 saturated heterocycles. The van der Waals surface area contributed by atoms with E-state index in [9.17, 15) is 9.59 Å². The van der Waals surface area contributed by atoms with Gasteiger partial charge < -0.3 is 14.9 Å². The Morgan fingerprint density at radius 2 is 1.86 bits per heavy atom. The van der Waals surface area contributed by atoms with Crippen LogP contribution < -0.4 is 5.73 Å². The van der Waals surface area contributed by atoms with Crippen LogP contribution in [0.3, 0.4) is 0 Å². The minimum Gasteiger partial charge on any atom is -0.370 e. The highest BCUT2D eigenvalue weighted by atomic mass is 32.2. The molecule has 2 aromatic heterocycles. The van der Waals surface area contributed by atoms with Crippen LogP contribution >= 0.6 is 11.8 Å². The predicted molar refractivity (Wildman–Crippen MR) is 113 cm³/mol. The number of nitrogens with two attached hydrogens (primary N) is 1. The van der Waals surface area contributed by atoms with Gasteiger partial charge in [-0.15, -0.1) is 10.2 Å². The van der Waals surface area contributed by atoms with Gasteiger partial charge in [0.05, 0.1) is 5.75 Å². The molecule has 0 aliphatic rings. The molecule has 1 aromatic carbocycles. The molecule has 0 aliphatic carbocycles. The number of amides is 1. The van der Waals surface area contributed by atoms with Gasteiger partial charge in [-0.25, -0.2) is 0 Å². The number of thioether (sulfide) groups is 1. The van der Waals surface area contributed by atoms with Gasteiger partial charge in [0.15, 0.2) is 10.9 Å². The summed E-state index contributed by atoms with van der Waals surface area (Å²) in [5.74, 6) is 0.643. The minimum absolute atomic E-state index is 0.0593. The van der Waals surface area contributed by atoms with E-state index in [0.29, 0.717) is 17.4 Å². The van der Waals surface area contributed by atoms with Gasteiger partial charge in [-0.3, -0.25) is 9.59 Å². The third kappa shape index (κ3) is 4.95. The number of aryl methyl sites for hydroxylation is 2. The molecule has 0 saturated carbocycles. The highest BCUT2D eigenvalue weighted by molar-refractivity contribution is 7.99. The van der Waals surface area contributed by atoms with Crippen molar-refractivity contribution in [3.63, 3.8) is 0 Å². The standard InChI is InChI=1S/C21H25N5O2S/c1-14-11-17(15(2)26(14)12-16-7-5-4-6-8-16)18(27)13-29-21-24-23-20(25(21)3)10-9-19(22)28/h4-8,11H,9-10,12-13H2,1-3H3,(H2,22,28). The second-order valence-corrected chi connectivity index (χ2v) is 7.94. The third-order valence-electron chi connectivity index (χ3n) is 4.91. The lowest BCUT2D eigenvalue weighted by Crippen LogP contribution is -2.13. The molecule has 7 nitrogen and oxygen atoms in total. The molecule has 3 rings (SSSR count). The van der Waals surface area contributed by atoms with Crippen LogP contribution in [0.2, 0.25) is 0 Å². The number of Topliss-reactive ketones (excluding diaryl/α,β-unsaturated/α-hetero) is 1. The highest BCUT2D eigenvalue weighted by Crippen LogP contribution is 2.22. The molecular formula is C21H25N5O2S. The summed E-state index contributed by atoms with van der Waals surface area (Å²) >= 11 is 1.35. The fourth-order valence-corrected chi connectivity index (χ4v) is 4.04. The normalized spacial score (nSPS) is 11.0. The van der Waals surface area contributed by atoms with E-state index in [2.05, 4.69) is 26.9 Å². The lowest BCUT2D eigenvalue weighted by atomic mass is 10.2. The number of aromatic nitrogens is 4. The third-order valence-corrected chi connectivity index (χ3v) is 5.93. The van der Waals surface area contributed by atoms with Crippen LogP contribution in [0.25, 0.3) is 0 Å². The van der Waals surface area contributed by atoms with Crippen molar-refractivity contribution in [2.75, 3.05) is 5.75 Å². The molecule has 2 heterocycles. The monoisotopic (exact) mass is 411 g/mol. The second kappa shape index (κ2) is 9.09. The maximum atomic E-state index is 12.8. The summed E-state index contributed by atoms with van der Waals surface area (Å²) in [5, 5.41) is 8.87. The van der Waals surface area contributed by atoms with Crippen molar-refractivity contribution in [3.8, 4) is 0 Å². The summed E-state index contributed by atoms with van der Waals surface area (Å²) in [4.78, 5) is 23.8. The van der Waals surface area contributed by atoms with Gasteiger partial charge in [0.1, 0.15) is 5.82 Å². The van der Waals surface area contributed by atoms with Crippen LogP contribution in [0.5, 0.6) is 0 Å². The number of carbonyl (C=O) groups is 2. The highest BCUT2D eigenvalue weighted by Gasteiger charge is 2.18. The van der Waals surface area contributed by atoms with Crippen LogP contribution in [-0.2, 0) is 24.8 Å². The van der Waals surface area contributed by atoms with Crippen LogP contribution in [0, 0.1) is 13.8 Å². The molecule has 29 heavy (non-hydrogen) atoms. The summed E-state index contributed by atoms with van der Waals surface area (Å²) in [6.45, 7) is 4.75. The number of nitrogens with zero attached hydrogens (tertiary/aromatic N) is 4. The van der Waals surface area contributed by atoms with Gasteiger partial charge in [-0.2, -0.15) is 0 Å². The number of hydrogen-bond acceptors (Lipinski definition) is 5. The zero-order valence-corrected chi connectivity index (χ0v) is 17.7. The quantitative estimate of drug-likeness (QED) is 0.431. The van der Waals surface area contributed by atoms with E-state index in [4.69, 9.17) is 5.73 Å². The number of ketones is 1. The van der Waals surface area contributed by atoms with Gasteiger partial charge in [0, 0.05) is 43.4 Å².